The van der Waals surface area contributed by atoms with Crippen LogP contribution in [0.3, 0.4) is 0 Å². The van der Waals surface area contributed by atoms with Gasteiger partial charge in [0.2, 0.25) is 0 Å². The van der Waals surface area contributed by atoms with E-state index in [1.165, 1.54) is 25.1 Å². The van der Waals surface area contributed by atoms with Gasteiger partial charge in [0, 0.05) is 32.6 Å². The van der Waals surface area contributed by atoms with Crippen molar-refractivity contribution in [3.63, 3.8) is 0 Å². The van der Waals surface area contributed by atoms with Gasteiger partial charge in [0.1, 0.15) is 12.2 Å². The van der Waals surface area contributed by atoms with E-state index in [1.807, 2.05) is 0 Å². The second-order valence-corrected chi connectivity index (χ2v) is 6.62. The number of nitrogens with zero attached hydrogens (tertiary/aromatic N) is 5. The Morgan fingerprint density at radius 2 is 2.00 bits per heavy atom. The van der Waals surface area contributed by atoms with Crippen molar-refractivity contribution in [2.24, 2.45) is 0 Å². The topological polar surface area (TPSA) is 68.1 Å². The lowest BCUT2D eigenvalue weighted by atomic mass is 10.2. The first-order valence-corrected chi connectivity index (χ1v) is 9.16. The highest BCUT2D eigenvalue weighted by atomic mass is 16.5. The average Bonchev–Trinajstić information content (AvgIpc) is 2.82. The van der Waals surface area contributed by atoms with E-state index in [1.54, 1.807) is 6.33 Å². The van der Waals surface area contributed by atoms with E-state index in [4.69, 9.17) is 9.72 Å². The van der Waals surface area contributed by atoms with Crippen LogP contribution in [0.4, 0.5) is 5.82 Å². The minimum absolute atomic E-state index is 0.861. The number of ether oxygens (including phenoxy) is 1. The van der Waals surface area contributed by atoms with Gasteiger partial charge < -0.3 is 14.6 Å². The molecule has 2 aromatic rings. The van der Waals surface area contributed by atoms with Crippen LogP contribution in [0.25, 0.3) is 11.2 Å². The van der Waals surface area contributed by atoms with Gasteiger partial charge in [-0.2, -0.15) is 0 Å². The molecule has 1 fully saturated rings. The highest BCUT2D eigenvalue weighted by Gasteiger charge is 2.17. The second kappa shape index (κ2) is 7.44. The minimum atomic E-state index is 0.861. The average molecular weight is 330 g/mol. The summed E-state index contributed by atoms with van der Waals surface area (Å²) < 4.78 is 7.67. The molecule has 7 heteroatoms. The number of morpholine rings is 1. The maximum absolute atomic E-state index is 5.39. The number of nitrogens with one attached hydrogen (secondary N) is 1. The van der Waals surface area contributed by atoms with Crippen molar-refractivity contribution in [3.8, 4) is 0 Å². The number of hydrogen-bond acceptors (Lipinski definition) is 6. The van der Waals surface area contributed by atoms with Crippen LogP contribution in [0.5, 0.6) is 0 Å². The fourth-order valence-corrected chi connectivity index (χ4v) is 3.60. The van der Waals surface area contributed by atoms with Gasteiger partial charge >= 0.3 is 0 Å². The van der Waals surface area contributed by atoms with Gasteiger partial charge in [-0.15, -0.1) is 0 Å². The summed E-state index contributed by atoms with van der Waals surface area (Å²) in [5, 5.41) is 3.47. The molecule has 2 aliphatic rings. The van der Waals surface area contributed by atoms with Crippen LogP contribution >= 0.6 is 0 Å². The standard InChI is InChI=1S/C17H26N6O/c1-2-5-14-21-15-16(19-13-20-17(15)23(14)8-3-1)18-6-4-7-22-9-11-24-12-10-22/h13H,1-12H2,(H,18,19,20). The minimum Gasteiger partial charge on any atom is -0.379 e. The number of anilines is 1. The predicted molar refractivity (Wildman–Crippen MR) is 93.2 cm³/mol. The molecular formula is C17H26N6O. The van der Waals surface area contributed by atoms with Crippen LogP contribution < -0.4 is 5.32 Å². The second-order valence-electron chi connectivity index (χ2n) is 6.62. The van der Waals surface area contributed by atoms with Crippen LogP contribution in [0.2, 0.25) is 0 Å². The zero-order chi connectivity index (χ0) is 16.2. The number of rotatable bonds is 5. The first-order valence-electron chi connectivity index (χ1n) is 9.16. The summed E-state index contributed by atoms with van der Waals surface area (Å²) in [7, 11) is 0. The molecule has 0 atom stereocenters. The first kappa shape index (κ1) is 15.8. The summed E-state index contributed by atoms with van der Waals surface area (Å²) in [6.45, 7) is 6.85. The molecule has 24 heavy (non-hydrogen) atoms. The van der Waals surface area contributed by atoms with Gasteiger partial charge in [0.05, 0.1) is 13.2 Å². The van der Waals surface area contributed by atoms with Gasteiger partial charge in [-0.3, -0.25) is 4.90 Å². The summed E-state index contributed by atoms with van der Waals surface area (Å²) in [5.41, 5.74) is 1.92. The fourth-order valence-electron chi connectivity index (χ4n) is 3.60. The largest absolute Gasteiger partial charge is 0.379 e. The third-order valence-corrected chi connectivity index (χ3v) is 4.94. The molecule has 130 valence electrons. The molecule has 0 aliphatic carbocycles. The number of fused-ring (bicyclic) bond motifs is 3. The van der Waals surface area contributed by atoms with Gasteiger partial charge in [-0.1, -0.05) is 6.42 Å². The van der Waals surface area contributed by atoms with Crippen molar-refractivity contribution < 1.29 is 4.74 Å². The maximum atomic E-state index is 5.39. The van der Waals surface area contributed by atoms with Crippen molar-refractivity contribution in [2.45, 2.75) is 38.6 Å². The van der Waals surface area contributed by atoms with E-state index < -0.39 is 0 Å². The molecule has 4 rings (SSSR count). The molecule has 0 radical (unpaired) electrons. The Morgan fingerprint density at radius 1 is 1.08 bits per heavy atom. The van der Waals surface area contributed by atoms with Gasteiger partial charge in [0.15, 0.2) is 17.0 Å². The molecule has 4 heterocycles. The third-order valence-electron chi connectivity index (χ3n) is 4.94. The maximum Gasteiger partial charge on any atom is 0.165 e. The van der Waals surface area contributed by atoms with Crippen LogP contribution in [0, 0.1) is 0 Å². The van der Waals surface area contributed by atoms with Gasteiger partial charge in [0.25, 0.3) is 0 Å². The lowest BCUT2D eigenvalue weighted by Gasteiger charge is -2.26. The molecule has 1 N–H and O–H groups in total. The monoisotopic (exact) mass is 330 g/mol. The van der Waals surface area contributed by atoms with E-state index in [-0.39, 0.29) is 0 Å². The van der Waals surface area contributed by atoms with E-state index in [9.17, 15) is 0 Å². The zero-order valence-corrected chi connectivity index (χ0v) is 14.2. The molecule has 1 saturated heterocycles. The van der Waals surface area contributed by atoms with Gasteiger partial charge in [-0.05, 0) is 25.8 Å². The van der Waals surface area contributed by atoms with E-state index in [0.29, 0.717) is 0 Å². The molecule has 0 aromatic carbocycles. The van der Waals surface area contributed by atoms with Crippen LogP contribution in [0.1, 0.15) is 31.5 Å². The smallest absolute Gasteiger partial charge is 0.165 e. The first-order chi connectivity index (χ1) is 11.9. The summed E-state index contributed by atoms with van der Waals surface area (Å²) in [6, 6.07) is 0. The lowest BCUT2D eigenvalue weighted by molar-refractivity contribution is 0.0378. The quantitative estimate of drug-likeness (QED) is 0.842. The highest BCUT2D eigenvalue weighted by molar-refractivity contribution is 5.83. The van der Waals surface area contributed by atoms with Crippen LogP contribution in [-0.4, -0.2) is 63.8 Å². The van der Waals surface area contributed by atoms with E-state index in [0.717, 1.165) is 75.8 Å². The van der Waals surface area contributed by atoms with Gasteiger partial charge in [-0.25, -0.2) is 15.0 Å². The molecule has 0 bridgehead atoms. The Balaban J connectivity index is 1.40. The van der Waals surface area contributed by atoms with E-state index in [2.05, 4.69) is 24.8 Å². The third kappa shape index (κ3) is 3.37. The Morgan fingerprint density at radius 3 is 2.92 bits per heavy atom. The molecule has 0 amide bonds. The Hall–Kier alpha value is -1.73. The molecule has 2 aliphatic heterocycles. The molecule has 0 unspecified atom stereocenters. The molecule has 0 saturated carbocycles. The molecular weight excluding hydrogens is 304 g/mol. The summed E-state index contributed by atoms with van der Waals surface area (Å²) in [6.07, 6.45) is 7.52. The summed E-state index contributed by atoms with van der Waals surface area (Å²) >= 11 is 0. The Labute approximate surface area is 142 Å². The summed E-state index contributed by atoms with van der Waals surface area (Å²) in [5.74, 6) is 2.04. The molecule has 0 spiro atoms. The number of aryl methyl sites for hydroxylation is 2. The fraction of sp³-hybridized carbons (Fsp3) is 0.706. The number of imidazole rings is 1. The van der Waals surface area contributed by atoms with Crippen molar-refractivity contribution in [1.82, 2.24) is 24.4 Å². The Kier molecular flexibility index (Phi) is 4.89. The predicted octanol–water partition coefficient (Wildman–Crippen LogP) is 1.69. The number of aromatic nitrogens is 4. The van der Waals surface area contributed by atoms with Crippen molar-refractivity contribution in [3.05, 3.63) is 12.2 Å². The lowest BCUT2D eigenvalue weighted by Crippen LogP contribution is -2.37. The Bertz CT molecular complexity index is 679. The molecule has 7 nitrogen and oxygen atoms in total. The SMILES string of the molecule is c1nc(NCCCN2CCOCC2)c2nc3n(c2n1)CCCCC3. The summed E-state index contributed by atoms with van der Waals surface area (Å²) in [4.78, 5) is 16.2. The highest BCUT2D eigenvalue weighted by Crippen LogP contribution is 2.24. The van der Waals surface area contributed by atoms with Crippen molar-refractivity contribution in [1.29, 1.82) is 0 Å². The zero-order valence-electron chi connectivity index (χ0n) is 14.2. The van der Waals surface area contributed by atoms with Crippen LogP contribution in [0.15, 0.2) is 6.33 Å². The molecule has 2 aromatic heterocycles. The normalized spacial score (nSPS) is 19.2. The van der Waals surface area contributed by atoms with Crippen molar-refractivity contribution >= 4 is 17.0 Å². The number of hydrogen-bond donors (Lipinski definition) is 1. The van der Waals surface area contributed by atoms with E-state index >= 15 is 0 Å². The van der Waals surface area contributed by atoms with Crippen LogP contribution in [-0.2, 0) is 17.7 Å². The van der Waals surface area contributed by atoms with Crippen molar-refractivity contribution in [2.75, 3.05) is 44.7 Å².